The molecular weight excluding hydrogens is 266 g/mol. The number of aromatic nitrogens is 1. The Morgan fingerprint density at radius 3 is 2.62 bits per heavy atom. The van der Waals surface area contributed by atoms with Gasteiger partial charge in [0.2, 0.25) is 0 Å². The number of hydrogen-bond acceptors (Lipinski definition) is 2. The van der Waals surface area contributed by atoms with E-state index in [1.165, 1.54) is 12.0 Å². The fourth-order valence-electron chi connectivity index (χ4n) is 1.86. The van der Waals surface area contributed by atoms with Gasteiger partial charge in [-0.1, -0.05) is 29.3 Å². The Labute approximate surface area is 107 Å². The molecule has 1 atom stereocenters. The van der Waals surface area contributed by atoms with Crippen molar-refractivity contribution in [1.82, 2.24) is 4.98 Å². The minimum atomic E-state index is 0.651. The Bertz CT molecular complexity index is 348. The second kappa shape index (κ2) is 6.24. The van der Waals surface area contributed by atoms with E-state index in [0.29, 0.717) is 5.92 Å². The molecular formula is C13H20BrNO. The average molecular weight is 286 g/mol. The Hall–Kier alpha value is -0.570. The van der Waals surface area contributed by atoms with Gasteiger partial charge in [-0.15, -0.1) is 0 Å². The number of ether oxygens (including phenoxy) is 1. The van der Waals surface area contributed by atoms with Gasteiger partial charge in [0.1, 0.15) is 5.75 Å². The molecule has 0 aromatic carbocycles. The van der Waals surface area contributed by atoms with Gasteiger partial charge in [0.05, 0.1) is 7.11 Å². The normalized spacial score (nSPS) is 12.6. The molecule has 16 heavy (non-hydrogen) atoms. The molecule has 0 fully saturated rings. The van der Waals surface area contributed by atoms with Crippen LogP contribution in [0.4, 0.5) is 0 Å². The molecule has 0 N–H and O–H groups in total. The molecule has 1 unspecified atom stereocenters. The number of rotatable bonds is 5. The summed E-state index contributed by atoms with van der Waals surface area (Å²) < 4.78 is 5.41. The highest BCUT2D eigenvalue weighted by atomic mass is 79.9. The molecule has 0 amide bonds. The molecule has 1 aromatic rings. The molecule has 90 valence electrons. The zero-order chi connectivity index (χ0) is 12.1. The van der Waals surface area contributed by atoms with Gasteiger partial charge in [-0.25, -0.2) is 0 Å². The van der Waals surface area contributed by atoms with E-state index in [-0.39, 0.29) is 0 Å². The second-order valence-corrected chi connectivity index (χ2v) is 4.83. The fraction of sp³-hybridized carbons (Fsp3) is 0.615. The zero-order valence-corrected chi connectivity index (χ0v) is 12.1. The van der Waals surface area contributed by atoms with E-state index in [2.05, 4.69) is 34.8 Å². The maximum Gasteiger partial charge on any atom is 0.128 e. The van der Waals surface area contributed by atoms with Crippen LogP contribution in [0, 0.1) is 19.8 Å². The summed E-state index contributed by atoms with van der Waals surface area (Å²) >= 11 is 3.55. The van der Waals surface area contributed by atoms with Gasteiger partial charge in [-0.05, 0) is 26.2 Å². The highest BCUT2D eigenvalue weighted by molar-refractivity contribution is 9.09. The van der Waals surface area contributed by atoms with Gasteiger partial charge in [0.15, 0.2) is 0 Å². The average Bonchev–Trinajstić information content (AvgIpc) is 2.29. The first kappa shape index (κ1) is 13.5. The van der Waals surface area contributed by atoms with Gasteiger partial charge in [0.25, 0.3) is 0 Å². The molecule has 0 bridgehead atoms. The van der Waals surface area contributed by atoms with E-state index >= 15 is 0 Å². The van der Waals surface area contributed by atoms with Gasteiger partial charge in [-0.2, -0.15) is 0 Å². The minimum Gasteiger partial charge on any atom is -0.496 e. The molecule has 0 aliphatic carbocycles. The second-order valence-electron chi connectivity index (χ2n) is 4.18. The van der Waals surface area contributed by atoms with E-state index in [1.54, 1.807) is 7.11 Å². The number of alkyl halides is 1. The molecule has 0 spiro atoms. The summed E-state index contributed by atoms with van der Waals surface area (Å²) in [6.45, 7) is 6.34. The lowest BCUT2D eigenvalue weighted by molar-refractivity contribution is 0.406. The van der Waals surface area contributed by atoms with Crippen LogP contribution in [0.3, 0.4) is 0 Å². The lowest BCUT2D eigenvalue weighted by Gasteiger charge is -2.15. The molecule has 1 rings (SSSR count). The Balaban J connectivity index is 2.97. The molecule has 0 saturated carbocycles. The first-order valence-corrected chi connectivity index (χ1v) is 6.81. The summed E-state index contributed by atoms with van der Waals surface area (Å²) in [5, 5.41) is 1.03. The topological polar surface area (TPSA) is 22.1 Å². The smallest absolute Gasteiger partial charge is 0.128 e. The molecule has 1 heterocycles. The number of methoxy groups -OCH3 is 1. The third-order valence-electron chi connectivity index (χ3n) is 3.03. The summed E-state index contributed by atoms with van der Waals surface area (Å²) in [6, 6.07) is 0. The number of pyridine rings is 1. The predicted molar refractivity (Wildman–Crippen MR) is 71.5 cm³/mol. The summed E-state index contributed by atoms with van der Waals surface area (Å²) in [5.74, 6) is 1.63. The van der Waals surface area contributed by atoms with Gasteiger partial charge in [-0.3, -0.25) is 4.98 Å². The molecule has 1 aromatic heterocycles. The van der Waals surface area contributed by atoms with Crippen molar-refractivity contribution in [3.05, 3.63) is 23.0 Å². The van der Waals surface area contributed by atoms with Crippen LogP contribution in [0.25, 0.3) is 0 Å². The largest absolute Gasteiger partial charge is 0.496 e. The van der Waals surface area contributed by atoms with E-state index in [1.807, 2.05) is 13.1 Å². The Morgan fingerprint density at radius 2 is 2.12 bits per heavy atom. The van der Waals surface area contributed by atoms with Gasteiger partial charge in [0, 0.05) is 28.3 Å². The van der Waals surface area contributed by atoms with Crippen LogP contribution in [-0.2, 0) is 6.42 Å². The van der Waals surface area contributed by atoms with Crippen LogP contribution in [0.15, 0.2) is 6.20 Å². The van der Waals surface area contributed by atoms with Crippen molar-refractivity contribution in [2.24, 2.45) is 5.92 Å². The van der Waals surface area contributed by atoms with Crippen molar-refractivity contribution in [1.29, 1.82) is 0 Å². The van der Waals surface area contributed by atoms with E-state index < -0.39 is 0 Å². The van der Waals surface area contributed by atoms with Gasteiger partial charge >= 0.3 is 0 Å². The van der Waals surface area contributed by atoms with E-state index in [9.17, 15) is 0 Å². The molecule has 3 heteroatoms. The molecule has 0 saturated heterocycles. The van der Waals surface area contributed by atoms with Crippen molar-refractivity contribution in [2.45, 2.75) is 33.6 Å². The SMILES string of the molecule is CCC(CBr)Cc1ncc(C)c(OC)c1C. The highest BCUT2D eigenvalue weighted by Crippen LogP contribution is 2.26. The zero-order valence-electron chi connectivity index (χ0n) is 10.5. The summed E-state index contributed by atoms with van der Waals surface area (Å²) in [5.41, 5.74) is 3.45. The Morgan fingerprint density at radius 1 is 1.44 bits per heavy atom. The molecule has 0 radical (unpaired) electrons. The van der Waals surface area contributed by atoms with Crippen LogP contribution in [0.1, 0.15) is 30.2 Å². The fourth-order valence-corrected chi connectivity index (χ4v) is 2.55. The first-order chi connectivity index (χ1) is 7.63. The van der Waals surface area contributed by atoms with Crippen LogP contribution in [0.5, 0.6) is 5.75 Å². The standard InChI is InChI=1S/C13H20BrNO/c1-5-11(7-14)6-12-10(3)13(16-4)9(2)8-15-12/h8,11H,5-7H2,1-4H3. The van der Waals surface area contributed by atoms with Crippen LogP contribution < -0.4 is 4.74 Å². The number of halogens is 1. The van der Waals surface area contributed by atoms with E-state index in [4.69, 9.17) is 4.74 Å². The van der Waals surface area contributed by atoms with Crippen LogP contribution in [0.2, 0.25) is 0 Å². The monoisotopic (exact) mass is 285 g/mol. The quantitative estimate of drug-likeness (QED) is 0.770. The summed E-state index contributed by atoms with van der Waals surface area (Å²) in [6.07, 6.45) is 4.09. The first-order valence-electron chi connectivity index (χ1n) is 5.69. The third-order valence-corrected chi connectivity index (χ3v) is 3.94. The maximum absolute atomic E-state index is 5.41. The summed E-state index contributed by atoms with van der Waals surface area (Å²) in [7, 11) is 1.72. The maximum atomic E-state index is 5.41. The molecule has 0 aliphatic heterocycles. The van der Waals surface area contributed by atoms with Crippen LogP contribution in [-0.4, -0.2) is 17.4 Å². The van der Waals surface area contributed by atoms with Crippen molar-refractivity contribution in [2.75, 3.05) is 12.4 Å². The van der Waals surface area contributed by atoms with Crippen molar-refractivity contribution in [3.8, 4) is 5.75 Å². The number of aryl methyl sites for hydroxylation is 1. The van der Waals surface area contributed by atoms with Crippen LogP contribution >= 0.6 is 15.9 Å². The summed E-state index contributed by atoms with van der Waals surface area (Å²) in [4.78, 5) is 4.52. The molecule has 2 nitrogen and oxygen atoms in total. The van der Waals surface area contributed by atoms with E-state index in [0.717, 1.165) is 28.8 Å². The highest BCUT2D eigenvalue weighted by Gasteiger charge is 2.13. The number of nitrogens with zero attached hydrogens (tertiary/aromatic N) is 1. The third kappa shape index (κ3) is 2.97. The molecule has 0 aliphatic rings. The minimum absolute atomic E-state index is 0.651. The Kier molecular flexibility index (Phi) is 5.26. The number of hydrogen-bond donors (Lipinski definition) is 0. The lowest BCUT2D eigenvalue weighted by atomic mass is 9.99. The van der Waals surface area contributed by atoms with Crippen molar-refractivity contribution in [3.63, 3.8) is 0 Å². The van der Waals surface area contributed by atoms with Gasteiger partial charge < -0.3 is 4.74 Å². The predicted octanol–water partition coefficient (Wildman–Crippen LogP) is 3.67. The lowest BCUT2D eigenvalue weighted by Crippen LogP contribution is -2.09. The van der Waals surface area contributed by atoms with Crippen molar-refractivity contribution < 1.29 is 4.74 Å². The van der Waals surface area contributed by atoms with Crippen molar-refractivity contribution >= 4 is 15.9 Å².